The van der Waals surface area contributed by atoms with Gasteiger partial charge in [0.15, 0.2) is 8.07 Å². The molecule has 0 radical (unpaired) electrons. The van der Waals surface area contributed by atoms with Crippen LogP contribution in [0.3, 0.4) is 0 Å². The fourth-order valence-electron chi connectivity index (χ4n) is 8.50. The van der Waals surface area contributed by atoms with Gasteiger partial charge in [-0.2, -0.15) is 5.26 Å². The van der Waals surface area contributed by atoms with E-state index in [0.29, 0.717) is 5.56 Å². The third-order valence-electron chi connectivity index (χ3n) is 10.3. The fraction of sp³-hybridized carbons (Fsp3) is 0.0227. The van der Waals surface area contributed by atoms with Crippen LogP contribution in [0.4, 0.5) is 0 Å². The van der Waals surface area contributed by atoms with Crippen LogP contribution < -0.4 is 20.7 Å². The summed E-state index contributed by atoms with van der Waals surface area (Å²) >= 11 is 0. The molecule has 7 aromatic carbocycles. The fourth-order valence-corrected chi connectivity index (χ4v) is 13.2. The molecule has 2 aliphatic rings. The van der Waals surface area contributed by atoms with Gasteiger partial charge in [-0.05, 0) is 77.4 Å². The lowest BCUT2D eigenvalue weighted by Crippen LogP contribution is -2.74. The van der Waals surface area contributed by atoms with Crippen molar-refractivity contribution in [2.75, 3.05) is 0 Å². The topological polar surface area (TPSA) is 23.8 Å². The number of hydrogen-bond acceptors (Lipinski definition) is 1. The van der Waals surface area contributed by atoms with Gasteiger partial charge in [-0.3, -0.25) is 0 Å². The van der Waals surface area contributed by atoms with Crippen LogP contribution in [0.5, 0.6) is 0 Å². The van der Waals surface area contributed by atoms with Gasteiger partial charge < -0.3 is 0 Å². The van der Waals surface area contributed by atoms with Gasteiger partial charge in [0.2, 0.25) is 0 Å². The molecular formula is C44H29NSi. The number of benzene rings is 7. The SMILES string of the molecule is N#Cc1ccc([Si](c2ccccc2)(c2ccccc2)c2ccc3c(c2)-c2ccccc2C32c3ccccc3-c3ccccc32)cc1. The van der Waals surface area contributed by atoms with Crippen LogP contribution in [-0.2, 0) is 5.41 Å². The summed E-state index contributed by atoms with van der Waals surface area (Å²) in [4.78, 5) is 0. The summed E-state index contributed by atoms with van der Waals surface area (Å²) in [7, 11) is -2.80. The Kier molecular flexibility index (Phi) is 5.87. The Balaban J connectivity index is 1.39. The molecule has 0 aromatic heterocycles. The highest BCUT2D eigenvalue weighted by Crippen LogP contribution is 2.62. The van der Waals surface area contributed by atoms with Crippen molar-refractivity contribution in [2.45, 2.75) is 5.41 Å². The maximum absolute atomic E-state index is 9.68. The summed E-state index contributed by atoms with van der Waals surface area (Å²) in [6.07, 6.45) is 0. The number of nitriles is 1. The van der Waals surface area contributed by atoms with E-state index in [1.807, 2.05) is 12.1 Å². The van der Waals surface area contributed by atoms with E-state index in [2.05, 4.69) is 170 Å². The van der Waals surface area contributed by atoms with E-state index in [0.717, 1.165) is 0 Å². The lowest BCUT2D eigenvalue weighted by Gasteiger charge is -2.35. The van der Waals surface area contributed by atoms with E-state index in [4.69, 9.17) is 0 Å². The number of nitrogens with zero attached hydrogens (tertiary/aromatic N) is 1. The minimum atomic E-state index is -2.80. The van der Waals surface area contributed by atoms with Crippen LogP contribution in [0.1, 0.15) is 27.8 Å². The van der Waals surface area contributed by atoms with Crippen molar-refractivity contribution in [1.29, 1.82) is 5.26 Å². The molecule has 9 rings (SSSR count). The second-order valence-electron chi connectivity index (χ2n) is 12.3. The number of fused-ring (bicyclic) bond motifs is 10. The van der Waals surface area contributed by atoms with Gasteiger partial charge in [0.25, 0.3) is 0 Å². The monoisotopic (exact) mass is 599 g/mol. The molecule has 0 amide bonds. The Bertz CT molecular complexity index is 2230. The molecule has 0 unspecified atom stereocenters. The molecule has 0 N–H and O–H groups in total. The first kappa shape index (κ1) is 26.6. The van der Waals surface area contributed by atoms with Crippen molar-refractivity contribution in [3.63, 3.8) is 0 Å². The van der Waals surface area contributed by atoms with Crippen molar-refractivity contribution in [1.82, 2.24) is 0 Å². The van der Waals surface area contributed by atoms with Gasteiger partial charge in [-0.1, -0.05) is 164 Å². The molecule has 2 heteroatoms. The van der Waals surface area contributed by atoms with Crippen molar-refractivity contribution in [3.8, 4) is 28.3 Å². The van der Waals surface area contributed by atoms with Crippen molar-refractivity contribution >= 4 is 28.8 Å². The van der Waals surface area contributed by atoms with E-state index >= 15 is 0 Å². The molecule has 0 saturated carbocycles. The number of hydrogen-bond donors (Lipinski definition) is 0. The van der Waals surface area contributed by atoms with Crippen LogP contribution in [-0.4, -0.2) is 8.07 Å². The van der Waals surface area contributed by atoms with Gasteiger partial charge in [-0.15, -0.1) is 0 Å². The molecule has 0 aliphatic heterocycles. The Hall–Kier alpha value is -5.75. The third-order valence-corrected chi connectivity index (χ3v) is 15.1. The van der Waals surface area contributed by atoms with Crippen molar-refractivity contribution in [3.05, 3.63) is 204 Å². The molecule has 1 nitrogen and oxygen atoms in total. The second kappa shape index (κ2) is 10.1. The van der Waals surface area contributed by atoms with Crippen molar-refractivity contribution < 1.29 is 0 Å². The van der Waals surface area contributed by atoms with Crippen LogP contribution in [0.2, 0.25) is 0 Å². The molecule has 0 atom stereocenters. The molecular weight excluding hydrogens is 571 g/mol. The summed E-state index contributed by atoms with van der Waals surface area (Å²) < 4.78 is 0. The van der Waals surface area contributed by atoms with Crippen LogP contribution >= 0.6 is 0 Å². The van der Waals surface area contributed by atoms with Crippen molar-refractivity contribution in [2.24, 2.45) is 0 Å². The third kappa shape index (κ3) is 3.44. The van der Waals surface area contributed by atoms with E-state index in [-0.39, 0.29) is 5.41 Å². The molecule has 7 aromatic rings. The Morgan fingerprint density at radius 3 is 1.26 bits per heavy atom. The summed E-state index contributed by atoms with van der Waals surface area (Å²) in [5.74, 6) is 0. The molecule has 0 bridgehead atoms. The highest BCUT2D eigenvalue weighted by atomic mass is 28.3. The quantitative estimate of drug-likeness (QED) is 0.154. The molecule has 214 valence electrons. The summed E-state index contributed by atoms with van der Waals surface area (Å²) in [5.41, 5.74) is 11.0. The van der Waals surface area contributed by atoms with Gasteiger partial charge >= 0.3 is 0 Å². The van der Waals surface area contributed by atoms with Gasteiger partial charge in [-0.25, -0.2) is 0 Å². The van der Waals surface area contributed by atoms with Crippen LogP contribution in [0.15, 0.2) is 176 Å². The lowest BCUT2D eigenvalue weighted by atomic mass is 9.70. The standard InChI is InChI=1S/C44H29NSi/c45-30-31-23-25-34(26-24-31)46(32-13-3-1-4-14-32,33-15-5-2-6-16-33)35-27-28-43-39(29-35)38-19-9-12-22-42(38)44(43)40-20-10-7-17-36(40)37-18-8-11-21-41(37)44/h1-29H. The van der Waals surface area contributed by atoms with Crippen LogP contribution in [0, 0.1) is 11.3 Å². The predicted molar refractivity (Wildman–Crippen MR) is 191 cm³/mol. The molecule has 2 aliphatic carbocycles. The largest absolute Gasteiger partial charge is 0.192 e. The normalized spacial score (nSPS) is 13.4. The highest BCUT2D eigenvalue weighted by Gasteiger charge is 2.52. The molecule has 0 saturated heterocycles. The van der Waals surface area contributed by atoms with Gasteiger partial charge in [0.1, 0.15) is 0 Å². The van der Waals surface area contributed by atoms with E-state index in [1.54, 1.807) is 0 Å². The molecule has 0 heterocycles. The molecule has 0 fully saturated rings. The average molecular weight is 600 g/mol. The Morgan fingerprint density at radius 2 is 0.761 bits per heavy atom. The maximum atomic E-state index is 9.68. The minimum absolute atomic E-state index is 0.365. The Morgan fingerprint density at radius 1 is 0.370 bits per heavy atom. The summed E-state index contributed by atoms with van der Waals surface area (Å²) in [6.45, 7) is 0. The first-order chi connectivity index (χ1) is 22.8. The van der Waals surface area contributed by atoms with Crippen LogP contribution in [0.25, 0.3) is 22.3 Å². The zero-order valence-electron chi connectivity index (χ0n) is 25.2. The predicted octanol–water partition coefficient (Wildman–Crippen LogP) is 7.28. The lowest BCUT2D eigenvalue weighted by molar-refractivity contribution is 0.794. The smallest absolute Gasteiger partial charge is 0.179 e. The first-order valence-corrected chi connectivity index (χ1v) is 17.8. The molecule has 46 heavy (non-hydrogen) atoms. The van der Waals surface area contributed by atoms with Gasteiger partial charge in [0, 0.05) is 0 Å². The maximum Gasteiger partial charge on any atom is 0.179 e. The highest BCUT2D eigenvalue weighted by molar-refractivity contribution is 7.19. The number of rotatable bonds is 4. The molecule has 1 spiro atoms. The Labute approximate surface area is 270 Å². The first-order valence-electron chi connectivity index (χ1n) is 15.8. The van der Waals surface area contributed by atoms with Gasteiger partial charge in [0.05, 0.1) is 17.0 Å². The van der Waals surface area contributed by atoms with E-state index in [1.165, 1.54) is 65.3 Å². The zero-order chi connectivity index (χ0) is 30.7. The summed E-state index contributed by atoms with van der Waals surface area (Å²) in [5, 5.41) is 14.9. The van der Waals surface area contributed by atoms with E-state index in [9.17, 15) is 5.26 Å². The van der Waals surface area contributed by atoms with E-state index < -0.39 is 8.07 Å². The average Bonchev–Trinajstić information content (AvgIpc) is 3.60. The zero-order valence-corrected chi connectivity index (χ0v) is 26.2. The second-order valence-corrected chi connectivity index (χ2v) is 16.1. The minimum Gasteiger partial charge on any atom is -0.192 e. The summed E-state index contributed by atoms with van der Waals surface area (Å²) in [6, 6.07) is 67.0.